The van der Waals surface area contributed by atoms with E-state index in [9.17, 15) is 4.79 Å². The quantitative estimate of drug-likeness (QED) is 0.802. The van der Waals surface area contributed by atoms with Gasteiger partial charge in [0.05, 0.1) is 5.56 Å². The number of carboxylic acid groups (broad SMARTS) is 1. The van der Waals surface area contributed by atoms with E-state index in [0.717, 1.165) is 29.4 Å². The van der Waals surface area contributed by atoms with Gasteiger partial charge in [0.15, 0.2) is 0 Å². The molecule has 0 aromatic heterocycles. The molecule has 0 radical (unpaired) electrons. The monoisotopic (exact) mass is 349 g/mol. The summed E-state index contributed by atoms with van der Waals surface area (Å²) >= 11 is 6.81. The Morgan fingerprint density at radius 3 is 2.00 bits per heavy atom. The topological polar surface area (TPSA) is 40.5 Å². The zero-order chi connectivity index (χ0) is 12.0. The molecule has 16 heavy (non-hydrogen) atoms. The van der Waals surface area contributed by atoms with Crippen molar-refractivity contribution >= 4 is 43.5 Å². The first kappa shape index (κ1) is 13.5. The van der Waals surface area contributed by atoms with E-state index in [4.69, 9.17) is 5.11 Å². The minimum absolute atomic E-state index is 0.321. The number of hydrogen-bond acceptors (Lipinski definition) is 2. The van der Waals surface area contributed by atoms with E-state index < -0.39 is 5.97 Å². The van der Waals surface area contributed by atoms with E-state index in [1.54, 1.807) is 12.1 Å². The highest BCUT2D eigenvalue weighted by Crippen LogP contribution is 2.15. The van der Waals surface area contributed by atoms with Crippen LogP contribution in [0, 0.1) is 0 Å². The molecule has 3 nitrogen and oxygen atoms in total. The summed E-state index contributed by atoms with van der Waals surface area (Å²) in [7, 11) is 0. The first-order valence-electron chi connectivity index (χ1n) is 4.89. The molecule has 0 bridgehead atoms. The van der Waals surface area contributed by atoms with Gasteiger partial charge < -0.3 is 10.0 Å². The van der Waals surface area contributed by atoms with Crippen molar-refractivity contribution in [2.24, 2.45) is 0 Å². The molecule has 88 valence electrons. The van der Waals surface area contributed by atoms with Crippen LogP contribution in [0.4, 0.5) is 5.69 Å². The van der Waals surface area contributed by atoms with E-state index in [2.05, 4.69) is 36.8 Å². The highest BCUT2D eigenvalue weighted by molar-refractivity contribution is 9.09. The number of aromatic carboxylic acids is 1. The molecule has 1 aromatic rings. The standard InChI is InChI=1S/C11H13Br2NO2/c12-5-7-14(8-6-13)10-3-1-9(2-4-10)11(15)16/h1-4H,5-8H2,(H,15,16). The van der Waals surface area contributed by atoms with Gasteiger partial charge in [-0.15, -0.1) is 0 Å². The fourth-order valence-electron chi connectivity index (χ4n) is 1.39. The summed E-state index contributed by atoms with van der Waals surface area (Å²) in [5.74, 6) is -0.890. The van der Waals surface area contributed by atoms with Gasteiger partial charge >= 0.3 is 5.97 Å². The molecular weight excluding hydrogens is 338 g/mol. The Morgan fingerprint density at radius 2 is 1.62 bits per heavy atom. The predicted molar refractivity (Wildman–Crippen MR) is 73.2 cm³/mol. The molecular formula is C11H13Br2NO2. The van der Waals surface area contributed by atoms with Crippen molar-refractivity contribution in [3.05, 3.63) is 29.8 Å². The molecule has 1 aromatic carbocycles. The molecule has 0 heterocycles. The van der Waals surface area contributed by atoms with Gasteiger partial charge in [0.1, 0.15) is 0 Å². The van der Waals surface area contributed by atoms with Gasteiger partial charge in [0, 0.05) is 29.4 Å². The Bertz CT molecular complexity index is 334. The Hall–Kier alpha value is -0.550. The van der Waals surface area contributed by atoms with Crippen LogP contribution in [0.25, 0.3) is 0 Å². The van der Waals surface area contributed by atoms with Gasteiger partial charge in [-0.3, -0.25) is 0 Å². The number of rotatable bonds is 6. The van der Waals surface area contributed by atoms with Gasteiger partial charge in [-0.25, -0.2) is 4.79 Å². The fourth-order valence-corrected chi connectivity index (χ4v) is 2.25. The van der Waals surface area contributed by atoms with Crippen LogP contribution in [-0.4, -0.2) is 34.8 Å². The predicted octanol–water partition coefficient (Wildman–Crippen LogP) is 2.98. The van der Waals surface area contributed by atoms with E-state index in [0.29, 0.717) is 5.56 Å². The summed E-state index contributed by atoms with van der Waals surface area (Å²) in [5, 5.41) is 10.6. The van der Waals surface area contributed by atoms with Crippen molar-refractivity contribution in [2.45, 2.75) is 0 Å². The molecule has 0 aliphatic carbocycles. The molecule has 0 spiro atoms. The summed E-state index contributed by atoms with van der Waals surface area (Å²) in [4.78, 5) is 12.9. The van der Waals surface area contributed by atoms with Crippen molar-refractivity contribution in [1.29, 1.82) is 0 Å². The van der Waals surface area contributed by atoms with Crippen LogP contribution in [0.5, 0.6) is 0 Å². The van der Waals surface area contributed by atoms with E-state index in [1.165, 1.54) is 0 Å². The maximum atomic E-state index is 10.7. The molecule has 0 saturated carbocycles. The highest BCUT2D eigenvalue weighted by atomic mass is 79.9. The number of nitrogens with zero attached hydrogens (tertiary/aromatic N) is 1. The van der Waals surface area contributed by atoms with Crippen molar-refractivity contribution in [1.82, 2.24) is 0 Å². The number of hydrogen-bond donors (Lipinski definition) is 1. The fraction of sp³-hybridized carbons (Fsp3) is 0.364. The van der Waals surface area contributed by atoms with Crippen LogP contribution < -0.4 is 4.90 Å². The van der Waals surface area contributed by atoms with Crippen LogP contribution in [-0.2, 0) is 0 Å². The second-order valence-corrected chi connectivity index (χ2v) is 4.80. The van der Waals surface area contributed by atoms with Gasteiger partial charge in [-0.05, 0) is 24.3 Å². The molecule has 1 N–H and O–H groups in total. The zero-order valence-corrected chi connectivity index (χ0v) is 11.9. The number of benzene rings is 1. The van der Waals surface area contributed by atoms with Crippen LogP contribution in [0.1, 0.15) is 10.4 Å². The molecule has 0 saturated heterocycles. The second-order valence-electron chi connectivity index (χ2n) is 3.22. The van der Waals surface area contributed by atoms with Crippen LogP contribution in [0.15, 0.2) is 24.3 Å². The van der Waals surface area contributed by atoms with Crippen LogP contribution in [0.3, 0.4) is 0 Å². The normalized spacial score (nSPS) is 10.1. The third-order valence-electron chi connectivity index (χ3n) is 2.19. The first-order chi connectivity index (χ1) is 7.69. The summed E-state index contributed by atoms with van der Waals surface area (Å²) in [5.41, 5.74) is 1.37. The molecule has 0 amide bonds. The van der Waals surface area contributed by atoms with Crippen molar-refractivity contribution < 1.29 is 9.90 Å². The van der Waals surface area contributed by atoms with Gasteiger partial charge in [0.2, 0.25) is 0 Å². The molecule has 0 atom stereocenters. The molecule has 0 aliphatic heterocycles. The maximum absolute atomic E-state index is 10.7. The Balaban J connectivity index is 2.80. The average Bonchev–Trinajstić information content (AvgIpc) is 2.29. The Morgan fingerprint density at radius 1 is 1.12 bits per heavy atom. The minimum Gasteiger partial charge on any atom is -0.478 e. The average molecular weight is 351 g/mol. The second kappa shape index (κ2) is 6.91. The number of carbonyl (C=O) groups is 1. The minimum atomic E-state index is -0.890. The summed E-state index contributed by atoms with van der Waals surface area (Å²) < 4.78 is 0. The molecule has 1 rings (SSSR count). The van der Waals surface area contributed by atoms with Crippen LogP contribution >= 0.6 is 31.9 Å². The highest BCUT2D eigenvalue weighted by Gasteiger charge is 2.06. The number of anilines is 1. The summed E-state index contributed by atoms with van der Waals surface area (Å²) in [6, 6.07) is 6.95. The van der Waals surface area contributed by atoms with Crippen molar-refractivity contribution in [3.63, 3.8) is 0 Å². The number of alkyl halides is 2. The summed E-state index contributed by atoms with van der Waals surface area (Å²) in [6.07, 6.45) is 0. The Labute approximate surface area is 112 Å². The molecule has 5 heteroatoms. The van der Waals surface area contributed by atoms with Crippen molar-refractivity contribution in [2.75, 3.05) is 28.6 Å². The first-order valence-corrected chi connectivity index (χ1v) is 7.13. The lowest BCUT2D eigenvalue weighted by molar-refractivity contribution is 0.0697. The molecule has 0 aliphatic rings. The third kappa shape index (κ3) is 3.79. The number of carboxylic acids is 1. The van der Waals surface area contributed by atoms with Gasteiger partial charge in [-0.2, -0.15) is 0 Å². The lowest BCUT2D eigenvalue weighted by Crippen LogP contribution is -2.27. The third-order valence-corrected chi connectivity index (χ3v) is 2.90. The van der Waals surface area contributed by atoms with Crippen LogP contribution in [0.2, 0.25) is 0 Å². The van der Waals surface area contributed by atoms with E-state index in [1.807, 2.05) is 12.1 Å². The smallest absolute Gasteiger partial charge is 0.335 e. The lowest BCUT2D eigenvalue weighted by atomic mass is 10.2. The molecule has 0 fully saturated rings. The lowest BCUT2D eigenvalue weighted by Gasteiger charge is -2.22. The SMILES string of the molecule is O=C(O)c1ccc(N(CCBr)CCBr)cc1. The van der Waals surface area contributed by atoms with E-state index in [-0.39, 0.29) is 0 Å². The Kier molecular flexibility index (Phi) is 5.84. The van der Waals surface area contributed by atoms with Gasteiger partial charge in [0.25, 0.3) is 0 Å². The summed E-state index contributed by atoms with van der Waals surface area (Å²) in [6.45, 7) is 1.80. The van der Waals surface area contributed by atoms with Crippen molar-refractivity contribution in [3.8, 4) is 0 Å². The number of halogens is 2. The van der Waals surface area contributed by atoms with Gasteiger partial charge in [-0.1, -0.05) is 31.9 Å². The largest absolute Gasteiger partial charge is 0.478 e. The molecule has 0 unspecified atom stereocenters. The van der Waals surface area contributed by atoms with E-state index >= 15 is 0 Å². The zero-order valence-electron chi connectivity index (χ0n) is 8.70. The maximum Gasteiger partial charge on any atom is 0.335 e.